The van der Waals surface area contributed by atoms with Crippen LogP contribution in [-0.4, -0.2) is 0 Å². The minimum Gasteiger partial charge on any atom is -0.310 e. The van der Waals surface area contributed by atoms with Gasteiger partial charge in [-0.05, 0) is 163 Å². The second-order valence-electron chi connectivity index (χ2n) is 17.9. The molecule has 11 rings (SSSR count). The normalized spacial score (nSPS) is 16.6. The first kappa shape index (κ1) is 37.3. The Hall–Kier alpha value is -6.70. The van der Waals surface area contributed by atoms with Gasteiger partial charge in [0.15, 0.2) is 0 Å². The third kappa shape index (κ3) is 6.55. The molecule has 7 aromatic carbocycles. The Morgan fingerprint density at radius 2 is 1.23 bits per heavy atom. The highest BCUT2D eigenvalue weighted by Gasteiger charge is 2.35. The minimum atomic E-state index is -0.0971. The molecule has 4 aliphatic carbocycles. The van der Waals surface area contributed by atoms with Crippen molar-refractivity contribution in [3.05, 3.63) is 208 Å². The van der Waals surface area contributed by atoms with Gasteiger partial charge in [-0.2, -0.15) is 0 Å². The van der Waals surface area contributed by atoms with E-state index in [0.717, 1.165) is 49.2 Å². The van der Waals surface area contributed by atoms with E-state index in [1.165, 1.54) is 88.3 Å². The Labute approximate surface area is 361 Å². The maximum Gasteiger partial charge on any atom is 0.0467 e. The molecule has 0 radical (unpaired) electrons. The number of benzene rings is 7. The molecule has 0 spiro atoms. The fourth-order valence-electron chi connectivity index (χ4n) is 10.4. The highest BCUT2D eigenvalue weighted by atomic mass is 15.1. The van der Waals surface area contributed by atoms with Gasteiger partial charge in [-0.25, -0.2) is 0 Å². The Morgan fingerprint density at radius 1 is 0.525 bits per heavy atom. The molecule has 0 amide bonds. The van der Waals surface area contributed by atoms with E-state index in [9.17, 15) is 0 Å². The van der Waals surface area contributed by atoms with Crippen molar-refractivity contribution >= 4 is 40.9 Å². The molecular weight excluding hydrogens is 735 g/mol. The van der Waals surface area contributed by atoms with Crippen LogP contribution in [0.15, 0.2) is 170 Å². The van der Waals surface area contributed by atoms with Crippen molar-refractivity contribution < 1.29 is 0 Å². The molecule has 1 unspecified atom stereocenters. The van der Waals surface area contributed by atoms with Gasteiger partial charge in [-0.15, -0.1) is 0 Å². The van der Waals surface area contributed by atoms with Gasteiger partial charge in [0, 0.05) is 22.5 Å². The monoisotopic (exact) mass is 785 g/mol. The van der Waals surface area contributed by atoms with Crippen molar-refractivity contribution in [2.45, 2.75) is 58.3 Å². The first-order valence-corrected chi connectivity index (χ1v) is 22.3. The van der Waals surface area contributed by atoms with E-state index in [0.29, 0.717) is 5.92 Å². The lowest BCUT2D eigenvalue weighted by atomic mass is 9.82. The number of hydrogen-bond donors (Lipinski definition) is 0. The Bertz CT molecular complexity index is 3080. The van der Waals surface area contributed by atoms with E-state index in [1.54, 1.807) is 0 Å². The largest absolute Gasteiger partial charge is 0.310 e. The van der Waals surface area contributed by atoms with Gasteiger partial charge in [0.2, 0.25) is 0 Å². The summed E-state index contributed by atoms with van der Waals surface area (Å²) in [4.78, 5) is 2.45. The van der Waals surface area contributed by atoms with Crippen molar-refractivity contribution in [3.63, 3.8) is 0 Å². The highest BCUT2D eigenvalue weighted by molar-refractivity contribution is 5.90. The van der Waals surface area contributed by atoms with Gasteiger partial charge in [0.05, 0.1) is 0 Å². The second kappa shape index (κ2) is 15.1. The third-order valence-corrected chi connectivity index (χ3v) is 13.7. The van der Waals surface area contributed by atoms with Crippen LogP contribution in [0.25, 0.3) is 68.3 Å². The molecule has 61 heavy (non-hydrogen) atoms. The first-order valence-electron chi connectivity index (χ1n) is 22.3. The summed E-state index contributed by atoms with van der Waals surface area (Å²) in [6.45, 7) is 7.03. The predicted molar refractivity (Wildman–Crippen MR) is 261 cm³/mol. The summed E-state index contributed by atoms with van der Waals surface area (Å²) in [5.41, 5.74) is 21.8. The molecule has 7 aromatic rings. The summed E-state index contributed by atoms with van der Waals surface area (Å²) < 4.78 is 0. The lowest BCUT2D eigenvalue weighted by molar-refractivity contribution is 0.660. The predicted octanol–water partition coefficient (Wildman–Crippen LogP) is 14.8. The lowest BCUT2D eigenvalue weighted by Crippen LogP contribution is -2.30. The summed E-state index contributed by atoms with van der Waals surface area (Å²) in [5.74, 6) is 0.584. The zero-order valence-corrected chi connectivity index (χ0v) is 35.5. The van der Waals surface area contributed by atoms with Crippen molar-refractivity contribution in [2.24, 2.45) is 5.92 Å². The Balaban J connectivity index is 0.975. The van der Waals surface area contributed by atoms with Crippen LogP contribution in [0.1, 0.15) is 74.3 Å². The van der Waals surface area contributed by atoms with E-state index < -0.39 is 0 Å². The number of fused-ring (bicyclic) bond motifs is 5. The number of rotatable bonds is 7. The standard InChI is InChI=1S/C60H51N/c1-40-22-24-46(25-23-40)59-53-18-7-5-13-44(53)32-36-54(59)45-28-26-41(27-29-45)42-30-33-48(34-31-42)61(50-35-37-56-55-19-8-9-21-57(55)60(2,3)58(56)39-50)49-16-10-15-47(38-49)52-20-11-14-43-12-4-6-17-51(43)52/h6,8-11,13-22,24-40H,4-5,7,12,23H2,1-3H3. The molecule has 0 N–H and O–H groups in total. The van der Waals surface area contributed by atoms with Crippen molar-refractivity contribution in [3.8, 4) is 44.5 Å². The Morgan fingerprint density at radius 3 is 2.07 bits per heavy atom. The van der Waals surface area contributed by atoms with E-state index >= 15 is 0 Å². The molecule has 296 valence electrons. The quantitative estimate of drug-likeness (QED) is 0.156. The average molecular weight is 786 g/mol. The van der Waals surface area contributed by atoms with Crippen LogP contribution in [0.5, 0.6) is 0 Å². The van der Waals surface area contributed by atoms with E-state index in [4.69, 9.17) is 0 Å². The molecule has 0 aliphatic heterocycles. The molecule has 0 heterocycles. The molecule has 0 saturated carbocycles. The number of anilines is 3. The molecule has 1 atom stereocenters. The topological polar surface area (TPSA) is 3.24 Å². The molecule has 0 fully saturated rings. The third-order valence-electron chi connectivity index (χ3n) is 13.7. The van der Waals surface area contributed by atoms with Crippen LogP contribution in [0.4, 0.5) is 17.1 Å². The summed E-state index contributed by atoms with van der Waals surface area (Å²) in [5, 5.41) is 2.75. The maximum absolute atomic E-state index is 2.45. The van der Waals surface area contributed by atoms with Crippen LogP contribution in [0, 0.1) is 5.92 Å². The fourth-order valence-corrected chi connectivity index (χ4v) is 10.4. The van der Waals surface area contributed by atoms with Gasteiger partial charge in [-0.3, -0.25) is 0 Å². The number of aryl methyl sites for hydroxylation is 1. The highest BCUT2D eigenvalue weighted by Crippen LogP contribution is 2.51. The summed E-state index contributed by atoms with van der Waals surface area (Å²) in [6, 6.07) is 55.0. The smallest absolute Gasteiger partial charge is 0.0467 e. The molecular formula is C60H51N. The summed E-state index contributed by atoms with van der Waals surface area (Å²) >= 11 is 0. The zero-order chi connectivity index (χ0) is 41.1. The lowest BCUT2D eigenvalue weighted by Gasteiger charge is -2.29. The van der Waals surface area contributed by atoms with Gasteiger partial charge >= 0.3 is 0 Å². The molecule has 1 nitrogen and oxygen atoms in total. The van der Waals surface area contributed by atoms with Crippen molar-refractivity contribution in [1.82, 2.24) is 0 Å². The van der Waals surface area contributed by atoms with Crippen LogP contribution in [0.2, 0.25) is 0 Å². The van der Waals surface area contributed by atoms with Crippen LogP contribution in [-0.2, 0) is 11.8 Å². The van der Waals surface area contributed by atoms with Gasteiger partial charge in [0.25, 0.3) is 0 Å². The zero-order valence-electron chi connectivity index (χ0n) is 35.5. The average Bonchev–Trinajstić information content (AvgIpc) is 3.54. The second-order valence-corrected chi connectivity index (χ2v) is 17.9. The molecule has 1 heteroatoms. The maximum atomic E-state index is 2.45. The van der Waals surface area contributed by atoms with Gasteiger partial charge in [-0.1, -0.05) is 172 Å². The van der Waals surface area contributed by atoms with Crippen molar-refractivity contribution in [2.75, 3.05) is 4.90 Å². The molecule has 0 aromatic heterocycles. The number of hydrogen-bond acceptors (Lipinski definition) is 1. The van der Waals surface area contributed by atoms with Crippen molar-refractivity contribution in [1.29, 1.82) is 0 Å². The number of nitrogens with zero attached hydrogens (tertiary/aromatic N) is 1. The van der Waals surface area contributed by atoms with Crippen LogP contribution < -0.4 is 15.3 Å². The fraction of sp³-hybridized carbons (Fsp3) is 0.167. The van der Waals surface area contributed by atoms with Crippen LogP contribution in [0.3, 0.4) is 0 Å². The van der Waals surface area contributed by atoms with E-state index in [1.807, 2.05) is 0 Å². The van der Waals surface area contributed by atoms with Crippen LogP contribution >= 0.6 is 0 Å². The van der Waals surface area contributed by atoms with E-state index in [2.05, 4.69) is 214 Å². The molecule has 4 aliphatic rings. The van der Waals surface area contributed by atoms with Gasteiger partial charge in [0.1, 0.15) is 0 Å². The van der Waals surface area contributed by atoms with E-state index in [-0.39, 0.29) is 5.41 Å². The first-order chi connectivity index (χ1) is 29.9. The number of allylic oxidation sites excluding steroid dienone is 5. The SMILES string of the molecule is CC1C=CC(c2c(-c3ccc(-c4ccc(N(c5cccc(-c6cccc7c6C=CCC7)c5)c5ccc6c(c5)C(C)(C)c5ccccc5-6)cc4)cc3)ccc3c2=CCCC=3)=CC1. The van der Waals surface area contributed by atoms with Gasteiger partial charge < -0.3 is 4.90 Å². The molecule has 0 bridgehead atoms. The molecule has 0 saturated heterocycles. The Kier molecular flexibility index (Phi) is 9.23. The summed E-state index contributed by atoms with van der Waals surface area (Å²) in [6.07, 6.45) is 22.1. The minimum absolute atomic E-state index is 0.0971. The summed E-state index contributed by atoms with van der Waals surface area (Å²) in [7, 11) is 0.